The van der Waals surface area contributed by atoms with Crippen molar-refractivity contribution in [2.24, 2.45) is 0 Å². The first-order valence-corrected chi connectivity index (χ1v) is 3.24. The summed E-state index contributed by atoms with van der Waals surface area (Å²) in [6, 6.07) is 9.53. The zero-order valence-electron chi connectivity index (χ0n) is 6.04. The summed E-state index contributed by atoms with van der Waals surface area (Å²) in [5, 5.41) is 0. The molecule has 11 heavy (non-hydrogen) atoms. The van der Waals surface area contributed by atoms with Gasteiger partial charge in [0.1, 0.15) is 5.92 Å². The molecule has 0 spiro atoms. The molecule has 0 nitrogen and oxygen atoms in total. The molecule has 0 atom stereocenters. The molecular weight excluding hydrogens is 132 g/mol. The van der Waals surface area contributed by atoms with Crippen LogP contribution in [0.25, 0.3) is 0 Å². The van der Waals surface area contributed by atoms with E-state index in [4.69, 9.17) is 12.8 Å². The van der Waals surface area contributed by atoms with Gasteiger partial charge in [-0.15, -0.1) is 12.8 Å². The lowest BCUT2D eigenvalue weighted by Gasteiger charge is -1.99. The van der Waals surface area contributed by atoms with Crippen molar-refractivity contribution in [3.63, 3.8) is 0 Å². The fraction of sp³-hybridized carbons (Fsp3) is 0. The Morgan fingerprint density at radius 2 is 1.55 bits per heavy atom. The van der Waals surface area contributed by atoms with Crippen LogP contribution in [-0.2, 0) is 0 Å². The monoisotopic (exact) mass is 139 g/mol. The normalized spacial score (nSPS) is 8.64. The number of hydrogen-bond donors (Lipinski definition) is 0. The summed E-state index contributed by atoms with van der Waals surface area (Å²) >= 11 is 0. The summed E-state index contributed by atoms with van der Waals surface area (Å²) in [4.78, 5) is 0. The van der Waals surface area contributed by atoms with Gasteiger partial charge in [0.25, 0.3) is 0 Å². The van der Waals surface area contributed by atoms with Gasteiger partial charge in [-0.1, -0.05) is 42.2 Å². The molecule has 0 aliphatic heterocycles. The minimum absolute atomic E-state index is 0.602. The topological polar surface area (TPSA) is 0 Å². The molecule has 1 aromatic rings. The Bertz CT molecular complexity index is 281. The third-order valence-electron chi connectivity index (χ3n) is 1.35. The molecule has 0 aromatic heterocycles. The van der Waals surface area contributed by atoms with Gasteiger partial charge in [-0.3, -0.25) is 0 Å². The second-order valence-electron chi connectivity index (χ2n) is 2.03. The van der Waals surface area contributed by atoms with Gasteiger partial charge in [-0.25, -0.2) is 0 Å². The number of hydrogen-bond acceptors (Lipinski definition) is 0. The molecule has 0 amide bonds. The highest BCUT2D eigenvalue weighted by Gasteiger charge is 2.02. The summed E-state index contributed by atoms with van der Waals surface area (Å²) in [6.45, 7) is 0. The number of terminal acetylenes is 2. The van der Waals surface area contributed by atoms with Crippen LogP contribution in [0.5, 0.6) is 0 Å². The first-order chi connectivity index (χ1) is 5.38. The van der Waals surface area contributed by atoms with Crippen molar-refractivity contribution in [3.8, 4) is 24.7 Å². The Balaban J connectivity index is 2.96. The predicted molar refractivity (Wildman–Crippen MR) is 46.5 cm³/mol. The minimum atomic E-state index is 0.602. The third-order valence-corrected chi connectivity index (χ3v) is 1.35. The highest BCUT2D eigenvalue weighted by molar-refractivity contribution is 5.50. The van der Waals surface area contributed by atoms with Crippen molar-refractivity contribution in [1.29, 1.82) is 0 Å². The standard InChI is InChI=1S/C11H7/c1-3-10(4-2)11-8-6-5-7-9-11/h1-2,5-9H. The molecular formula is C11H7. The first kappa shape index (κ1) is 7.45. The van der Waals surface area contributed by atoms with Crippen LogP contribution in [-0.4, -0.2) is 0 Å². The maximum atomic E-state index is 5.19. The molecule has 0 saturated carbocycles. The number of benzene rings is 1. The zero-order chi connectivity index (χ0) is 8.10. The Morgan fingerprint density at radius 1 is 1.00 bits per heavy atom. The van der Waals surface area contributed by atoms with E-state index in [1.54, 1.807) is 0 Å². The Labute approximate surface area is 67.3 Å². The van der Waals surface area contributed by atoms with Crippen molar-refractivity contribution < 1.29 is 0 Å². The van der Waals surface area contributed by atoms with Crippen molar-refractivity contribution in [3.05, 3.63) is 41.8 Å². The molecule has 1 aromatic carbocycles. The molecule has 0 heteroatoms. The summed E-state index contributed by atoms with van der Waals surface area (Å²) in [6.07, 6.45) is 10.4. The largest absolute Gasteiger partial charge is 0.148 e. The first-order valence-electron chi connectivity index (χ1n) is 3.24. The van der Waals surface area contributed by atoms with E-state index < -0.39 is 0 Å². The van der Waals surface area contributed by atoms with Crippen LogP contribution in [0.3, 0.4) is 0 Å². The molecule has 0 heterocycles. The fourth-order valence-corrected chi connectivity index (χ4v) is 0.813. The van der Waals surface area contributed by atoms with E-state index in [1.807, 2.05) is 30.3 Å². The average molecular weight is 139 g/mol. The second kappa shape index (κ2) is 3.49. The lowest BCUT2D eigenvalue weighted by Crippen LogP contribution is -1.90. The van der Waals surface area contributed by atoms with Crippen LogP contribution in [0.2, 0.25) is 0 Å². The molecule has 0 aliphatic carbocycles. The molecule has 0 aliphatic rings. The SMILES string of the molecule is C#C[C](C#C)c1ccccc1. The number of rotatable bonds is 1. The van der Waals surface area contributed by atoms with E-state index in [0.717, 1.165) is 5.56 Å². The summed E-state index contributed by atoms with van der Waals surface area (Å²) in [7, 11) is 0. The van der Waals surface area contributed by atoms with Crippen molar-refractivity contribution >= 4 is 0 Å². The van der Waals surface area contributed by atoms with E-state index in [9.17, 15) is 0 Å². The Kier molecular flexibility index (Phi) is 2.37. The maximum absolute atomic E-state index is 5.19. The molecule has 1 radical (unpaired) electrons. The van der Waals surface area contributed by atoms with E-state index in [0.29, 0.717) is 5.92 Å². The summed E-state index contributed by atoms with van der Waals surface area (Å²) in [5.41, 5.74) is 0.928. The lowest BCUT2D eigenvalue weighted by atomic mass is 10.0. The van der Waals surface area contributed by atoms with Crippen LogP contribution >= 0.6 is 0 Å². The fourth-order valence-electron chi connectivity index (χ4n) is 0.813. The van der Waals surface area contributed by atoms with Crippen LogP contribution in [0.15, 0.2) is 30.3 Å². The van der Waals surface area contributed by atoms with E-state index in [2.05, 4.69) is 11.8 Å². The van der Waals surface area contributed by atoms with E-state index in [1.165, 1.54) is 0 Å². The zero-order valence-corrected chi connectivity index (χ0v) is 6.04. The van der Waals surface area contributed by atoms with E-state index in [-0.39, 0.29) is 0 Å². The highest BCUT2D eigenvalue weighted by atomic mass is 14.0. The molecule has 0 N–H and O–H groups in total. The van der Waals surface area contributed by atoms with Crippen LogP contribution in [0.4, 0.5) is 0 Å². The van der Waals surface area contributed by atoms with Crippen molar-refractivity contribution in [1.82, 2.24) is 0 Å². The predicted octanol–water partition coefficient (Wildman–Crippen LogP) is 1.88. The van der Waals surface area contributed by atoms with E-state index >= 15 is 0 Å². The lowest BCUT2D eigenvalue weighted by molar-refractivity contribution is 1.45. The highest BCUT2D eigenvalue weighted by Crippen LogP contribution is 2.10. The van der Waals surface area contributed by atoms with Crippen molar-refractivity contribution in [2.75, 3.05) is 0 Å². The molecule has 1 rings (SSSR count). The average Bonchev–Trinajstić information content (AvgIpc) is 2.09. The molecule has 0 unspecified atom stereocenters. The maximum Gasteiger partial charge on any atom is 0.148 e. The van der Waals surface area contributed by atoms with Gasteiger partial charge in [0.2, 0.25) is 0 Å². The Morgan fingerprint density at radius 3 is 2.00 bits per heavy atom. The van der Waals surface area contributed by atoms with Gasteiger partial charge >= 0.3 is 0 Å². The molecule has 51 valence electrons. The quantitative estimate of drug-likeness (QED) is 0.521. The summed E-state index contributed by atoms with van der Waals surface area (Å²) < 4.78 is 0. The van der Waals surface area contributed by atoms with Gasteiger partial charge in [-0.2, -0.15) is 0 Å². The smallest absolute Gasteiger partial charge is 0.118 e. The van der Waals surface area contributed by atoms with Gasteiger partial charge in [0.15, 0.2) is 0 Å². The molecule has 0 saturated heterocycles. The summed E-state index contributed by atoms with van der Waals surface area (Å²) in [5.74, 6) is 5.50. The van der Waals surface area contributed by atoms with Gasteiger partial charge < -0.3 is 0 Å². The third kappa shape index (κ3) is 1.63. The van der Waals surface area contributed by atoms with Crippen LogP contribution in [0, 0.1) is 30.6 Å². The van der Waals surface area contributed by atoms with Gasteiger partial charge in [0.05, 0.1) is 0 Å². The van der Waals surface area contributed by atoms with Crippen LogP contribution in [0.1, 0.15) is 5.56 Å². The minimum Gasteiger partial charge on any atom is -0.118 e. The van der Waals surface area contributed by atoms with Crippen molar-refractivity contribution in [2.45, 2.75) is 0 Å². The van der Waals surface area contributed by atoms with Gasteiger partial charge in [-0.05, 0) is 5.56 Å². The Hall–Kier alpha value is -1.66. The molecule has 0 fully saturated rings. The van der Waals surface area contributed by atoms with Crippen LogP contribution < -0.4 is 0 Å². The second-order valence-corrected chi connectivity index (χ2v) is 2.03. The van der Waals surface area contributed by atoms with Gasteiger partial charge in [0, 0.05) is 0 Å². The molecule has 0 bridgehead atoms.